The van der Waals surface area contributed by atoms with Crippen molar-refractivity contribution in [1.29, 1.82) is 0 Å². The second-order valence-electron chi connectivity index (χ2n) is 4.91. The first-order chi connectivity index (χ1) is 7.37. The number of benzene rings is 1. The molecule has 0 radical (unpaired) electrons. The molecule has 0 heterocycles. The molecule has 0 aliphatic rings. The third kappa shape index (κ3) is 5.82. The molecule has 1 N–H and O–H groups in total. The van der Waals surface area contributed by atoms with E-state index in [4.69, 9.17) is 4.74 Å². The molecule has 0 spiro atoms. The third-order valence-electron chi connectivity index (χ3n) is 2.09. The Hall–Kier alpha value is -0.130. The van der Waals surface area contributed by atoms with Crippen molar-refractivity contribution >= 4 is 22.6 Å². The fraction of sp³-hybridized carbons (Fsp3) is 0.538. The van der Waals surface area contributed by atoms with Gasteiger partial charge in [-0.2, -0.15) is 0 Å². The van der Waals surface area contributed by atoms with Crippen molar-refractivity contribution in [3.05, 3.63) is 33.4 Å². The van der Waals surface area contributed by atoms with Gasteiger partial charge in [-0.3, -0.25) is 0 Å². The molecule has 0 aliphatic heterocycles. The Morgan fingerprint density at radius 2 is 1.81 bits per heavy atom. The van der Waals surface area contributed by atoms with Crippen molar-refractivity contribution in [2.75, 3.05) is 6.61 Å². The fourth-order valence-corrected chi connectivity index (χ4v) is 1.66. The van der Waals surface area contributed by atoms with Gasteiger partial charge in [0.25, 0.3) is 0 Å². The summed E-state index contributed by atoms with van der Waals surface area (Å²) in [4.78, 5) is 0. The second-order valence-corrected chi connectivity index (χ2v) is 6.15. The summed E-state index contributed by atoms with van der Waals surface area (Å²) >= 11 is 2.27. The van der Waals surface area contributed by atoms with E-state index in [0.29, 0.717) is 13.0 Å². The highest BCUT2D eigenvalue weighted by Gasteiger charge is 2.13. The van der Waals surface area contributed by atoms with Crippen LogP contribution in [0.5, 0.6) is 0 Å². The van der Waals surface area contributed by atoms with E-state index in [9.17, 15) is 5.11 Å². The smallest absolute Gasteiger partial charge is 0.0814 e. The number of hydrogen-bond donors (Lipinski definition) is 1. The summed E-state index contributed by atoms with van der Waals surface area (Å²) in [6.07, 6.45) is 0.215. The van der Waals surface area contributed by atoms with Gasteiger partial charge in [0.2, 0.25) is 0 Å². The van der Waals surface area contributed by atoms with Crippen LogP contribution in [0.15, 0.2) is 24.3 Å². The fourth-order valence-electron chi connectivity index (χ4n) is 1.30. The van der Waals surface area contributed by atoms with E-state index in [2.05, 4.69) is 22.6 Å². The zero-order valence-corrected chi connectivity index (χ0v) is 12.2. The van der Waals surface area contributed by atoms with Gasteiger partial charge in [0.15, 0.2) is 0 Å². The molecule has 1 aromatic carbocycles. The maximum absolute atomic E-state index is 9.81. The largest absolute Gasteiger partial charge is 0.390 e. The Labute approximate surface area is 111 Å². The minimum atomic E-state index is -0.431. The molecule has 1 aromatic rings. The lowest BCUT2D eigenvalue weighted by atomic mass is 10.1. The molecular weight excluding hydrogens is 315 g/mol. The summed E-state index contributed by atoms with van der Waals surface area (Å²) in [6, 6.07) is 8.19. The van der Waals surface area contributed by atoms with Gasteiger partial charge in [0, 0.05) is 9.99 Å². The van der Waals surface area contributed by atoms with Crippen molar-refractivity contribution in [2.45, 2.75) is 38.9 Å². The lowest BCUT2D eigenvalue weighted by Gasteiger charge is -2.22. The normalized spacial score (nSPS) is 13.8. The van der Waals surface area contributed by atoms with Crippen LogP contribution in [-0.2, 0) is 11.2 Å². The van der Waals surface area contributed by atoms with Crippen molar-refractivity contribution in [3.8, 4) is 0 Å². The third-order valence-corrected chi connectivity index (χ3v) is 2.81. The Balaban J connectivity index is 2.39. The predicted molar refractivity (Wildman–Crippen MR) is 74.6 cm³/mol. The van der Waals surface area contributed by atoms with Crippen molar-refractivity contribution in [3.63, 3.8) is 0 Å². The van der Waals surface area contributed by atoms with E-state index < -0.39 is 6.10 Å². The summed E-state index contributed by atoms with van der Waals surface area (Å²) in [5, 5.41) is 9.81. The standard InChI is InChI=1S/C13H19IO2/c1-13(2,3)16-9-12(15)8-10-4-6-11(14)7-5-10/h4-7,12,15H,8-9H2,1-3H3. The highest BCUT2D eigenvalue weighted by molar-refractivity contribution is 14.1. The molecule has 0 aromatic heterocycles. The van der Waals surface area contributed by atoms with E-state index in [1.165, 1.54) is 3.57 Å². The molecule has 0 saturated heterocycles. The topological polar surface area (TPSA) is 29.5 Å². The molecule has 0 saturated carbocycles. The zero-order chi connectivity index (χ0) is 12.2. The minimum Gasteiger partial charge on any atom is -0.390 e. The van der Waals surface area contributed by atoms with E-state index in [0.717, 1.165) is 5.56 Å². The van der Waals surface area contributed by atoms with Gasteiger partial charge in [0.05, 0.1) is 18.3 Å². The van der Waals surface area contributed by atoms with Crippen LogP contribution in [0, 0.1) is 3.57 Å². The first kappa shape index (κ1) is 13.9. The van der Waals surface area contributed by atoms with Crippen LogP contribution in [0.2, 0.25) is 0 Å². The summed E-state index contributed by atoms with van der Waals surface area (Å²) < 4.78 is 6.75. The summed E-state index contributed by atoms with van der Waals surface area (Å²) in [6.45, 7) is 6.36. The van der Waals surface area contributed by atoms with Gasteiger partial charge in [-0.1, -0.05) is 12.1 Å². The van der Waals surface area contributed by atoms with Crippen molar-refractivity contribution < 1.29 is 9.84 Å². The molecule has 1 rings (SSSR count). The Morgan fingerprint density at radius 3 is 2.31 bits per heavy atom. The molecular formula is C13H19IO2. The van der Waals surface area contributed by atoms with Crippen LogP contribution < -0.4 is 0 Å². The summed E-state index contributed by atoms with van der Waals surface area (Å²) in [5.74, 6) is 0. The number of aliphatic hydroxyl groups is 1. The Bertz CT molecular complexity index is 314. The Morgan fingerprint density at radius 1 is 1.25 bits per heavy atom. The van der Waals surface area contributed by atoms with Gasteiger partial charge in [-0.25, -0.2) is 0 Å². The van der Waals surface area contributed by atoms with Gasteiger partial charge < -0.3 is 9.84 Å². The molecule has 3 heteroatoms. The molecule has 90 valence electrons. The van der Waals surface area contributed by atoms with Crippen LogP contribution in [-0.4, -0.2) is 23.4 Å². The number of rotatable bonds is 4. The van der Waals surface area contributed by atoms with E-state index >= 15 is 0 Å². The first-order valence-electron chi connectivity index (χ1n) is 5.43. The van der Waals surface area contributed by atoms with Crippen LogP contribution in [0.1, 0.15) is 26.3 Å². The molecule has 16 heavy (non-hydrogen) atoms. The van der Waals surface area contributed by atoms with Crippen LogP contribution in [0.4, 0.5) is 0 Å². The van der Waals surface area contributed by atoms with E-state index in [1.54, 1.807) is 0 Å². The molecule has 0 fully saturated rings. The first-order valence-corrected chi connectivity index (χ1v) is 6.51. The molecule has 1 atom stereocenters. The number of ether oxygens (including phenoxy) is 1. The lowest BCUT2D eigenvalue weighted by Crippen LogP contribution is -2.27. The molecule has 2 nitrogen and oxygen atoms in total. The number of aliphatic hydroxyl groups excluding tert-OH is 1. The summed E-state index contributed by atoms with van der Waals surface area (Å²) in [7, 11) is 0. The number of hydrogen-bond acceptors (Lipinski definition) is 2. The van der Waals surface area contributed by atoms with Gasteiger partial charge in [-0.05, 0) is 61.1 Å². The minimum absolute atomic E-state index is 0.187. The highest BCUT2D eigenvalue weighted by Crippen LogP contribution is 2.11. The lowest BCUT2D eigenvalue weighted by molar-refractivity contribution is -0.0482. The van der Waals surface area contributed by atoms with Gasteiger partial charge in [0.1, 0.15) is 0 Å². The Kier molecular flexibility index (Phi) is 5.21. The molecule has 0 amide bonds. The quantitative estimate of drug-likeness (QED) is 0.858. The van der Waals surface area contributed by atoms with E-state index in [-0.39, 0.29) is 5.60 Å². The monoisotopic (exact) mass is 334 g/mol. The van der Waals surface area contributed by atoms with Gasteiger partial charge >= 0.3 is 0 Å². The van der Waals surface area contributed by atoms with Crippen LogP contribution in [0.25, 0.3) is 0 Å². The maximum Gasteiger partial charge on any atom is 0.0814 e. The summed E-state index contributed by atoms with van der Waals surface area (Å²) in [5.41, 5.74) is 0.956. The zero-order valence-electron chi connectivity index (χ0n) is 10.0. The predicted octanol–water partition coefficient (Wildman–Crippen LogP) is 3.01. The maximum atomic E-state index is 9.81. The molecule has 0 aliphatic carbocycles. The molecule has 0 bridgehead atoms. The second kappa shape index (κ2) is 5.98. The average molecular weight is 334 g/mol. The molecule has 1 unspecified atom stereocenters. The van der Waals surface area contributed by atoms with Crippen molar-refractivity contribution in [2.24, 2.45) is 0 Å². The highest BCUT2D eigenvalue weighted by atomic mass is 127. The average Bonchev–Trinajstić information content (AvgIpc) is 2.18. The number of halogens is 1. The van der Waals surface area contributed by atoms with Crippen LogP contribution >= 0.6 is 22.6 Å². The van der Waals surface area contributed by atoms with Crippen molar-refractivity contribution in [1.82, 2.24) is 0 Å². The van der Waals surface area contributed by atoms with E-state index in [1.807, 2.05) is 45.0 Å². The van der Waals surface area contributed by atoms with Gasteiger partial charge in [-0.15, -0.1) is 0 Å². The van der Waals surface area contributed by atoms with Crippen LogP contribution in [0.3, 0.4) is 0 Å². The SMILES string of the molecule is CC(C)(C)OCC(O)Cc1ccc(I)cc1.